The van der Waals surface area contributed by atoms with Crippen LogP contribution in [0.4, 0.5) is 50.5 Å². The Morgan fingerprint density at radius 2 is 1.29 bits per heavy atom. The Morgan fingerprint density at radius 3 is 1.78 bits per heavy atom. The standard InChI is InChI=1S/C53H62F8N10O8/c1-50(2,52(56,57)58)43(64-48(75)77-5)45(73)63-40(23-32-10-7-31(8-11-32)9-12-33-15-20-42(62-24-33)68-26-36-18-19-37(27-68)71(36)38-29-79-30-38)41(72)28-69(67-46(74)44(65-49(76)78-6)51(3,4)53(59,60)61)25-34-13-16-35(17-14-34)39-21-22-70(66-39)47(54)55/h7-8,10-11,13-17,20-22,24,36-38,40-41,43-44,47,72H,18-19,23,25-30H2,1-6H3,(H,63,73)(H,64,75)(H,65,76)(H,67,74)/t36?,37?,40-,41-,43?,44+/m0/s1. The van der Waals surface area contributed by atoms with Gasteiger partial charge in [0.05, 0.1) is 62.1 Å². The van der Waals surface area contributed by atoms with Gasteiger partial charge in [-0.2, -0.15) is 40.2 Å². The van der Waals surface area contributed by atoms with Crippen LogP contribution in [0.1, 0.15) is 69.3 Å². The number of methoxy groups -OCH3 is 2. The molecule has 0 radical (unpaired) electrons. The zero-order chi connectivity index (χ0) is 57.6. The Hall–Kier alpha value is -7.08. The van der Waals surface area contributed by atoms with Crippen LogP contribution in [0.2, 0.25) is 0 Å². The summed E-state index contributed by atoms with van der Waals surface area (Å²) in [6.45, 7) is 1.76. The summed E-state index contributed by atoms with van der Waals surface area (Å²) in [6.07, 6.45) is -10.2. The van der Waals surface area contributed by atoms with Crippen molar-refractivity contribution >= 4 is 29.8 Å². The molecule has 2 aromatic carbocycles. The molecule has 3 unspecified atom stereocenters. The molecule has 3 aliphatic heterocycles. The largest absolute Gasteiger partial charge is 0.453 e. The van der Waals surface area contributed by atoms with Gasteiger partial charge in [0.25, 0.3) is 5.91 Å². The number of hydrogen-bond donors (Lipinski definition) is 5. The summed E-state index contributed by atoms with van der Waals surface area (Å²) in [5.41, 5.74) is -1.23. The topological polar surface area (TPSA) is 205 Å². The van der Waals surface area contributed by atoms with E-state index in [1.807, 2.05) is 22.8 Å². The lowest BCUT2D eigenvalue weighted by Gasteiger charge is -2.47. The molecule has 2 aromatic heterocycles. The Morgan fingerprint density at radius 1 is 0.747 bits per heavy atom. The van der Waals surface area contributed by atoms with E-state index in [1.54, 1.807) is 30.5 Å². The highest BCUT2D eigenvalue weighted by atomic mass is 19.4. The second kappa shape index (κ2) is 24.5. The first-order chi connectivity index (χ1) is 37.2. The fourth-order valence-electron chi connectivity index (χ4n) is 9.59. The third-order valence-electron chi connectivity index (χ3n) is 14.6. The second-order valence-electron chi connectivity index (χ2n) is 20.8. The van der Waals surface area contributed by atoms with Gasteiger partial charge in [0, 0.05) is 67.3 Å². The lowest BCUT2D eigenvalue weighted by Crippen LogP contribution is -2.63. The van der Waals surface area contributed by atoms with Gasteiger partial charge in [0.15, 0.2) is 0 Å². The van der Waals surface area contributed by atoms with Crippen LogP contribution in [0.5, 0.6) is 0 Å². The number of alkyl halides is 8. The minimum absolute atomic E-state index is 0.153. The predicted octanol–water partition coefficient (Wildman–Crippen LogP) is 6.34. The summed E-state index contributed by atoms with van der Waals surface area (Å²) in [4.78, 5) is 62.5. The molecule has 6 atom stereocenters. The number of carbonyl (C=O) groups excluding carboxylic acids is 4. The van der Waals surface area contributed by atoms with E-state index in [0.29, 0.717) is 78.3 Å². The first-order valence-corrected chi connectivity index (χ1v) is 25.1. The number of nitrogens with one attached hydrogen (secondary N) is 4. The minimum atomic E-state index is -5.10. The number of aliphatic hydroxyl groups excluding tert-OH is 1. The Balaban J connectivity index is 1.15. The van der Waals surface area contributed by atoms with Crippen molar-refractivity contribution < 1.29 is 73.6 Å². The van der Waals surface area contributed by atoms with Crippen molar-refractivity contribution in [1.29, 1.82) is 0 Å². The first-order valence-electron chi connectivity index (χ1n) is 25.1. The molecule has 3 fully saturated rings. The van der Waals surface area contributed by atoms with E-state index < -0.39 is 91.1 Å². The van der Waals surface area contributed by atoms with Crippen molar-refractivity contribution in [3.63, 3.8) is 0 Å². The van der Waals surface area contributed by atoms with Crippen LogP contribution >= 0.6 is 0 Å². The molecule has 0 aliphatic carbocycles. The van der Waals surface area contributed by atoms with Gasteiger partial charge < -0.3 is 40.2 Å². The van der Waals surface area contributed by atoms with E-state index in [0.717, 1.165) is 70.4 Å². The number of hydrogen-bond acceptors (Lipinski definition) is 13. The number of alkyl carbamates (subject to hydrolysis) is 2. The number of aromatic nitrogens is 3. The lowest BCUT2D eigenvalue weighted by molar-refractivity contribution is -0.221. The van der Waals surface area contributed by atoms with E-state index in [1.165, 1.54) is 30.3 Å². The molecule has 4 aromatic rings. The first kappa shape index (κ1) is 59.6. The van der Waals surface area contributed by atoms with Gasteiger partial charge in [0.1, 0.15) is 17.9 Å². The number of ether oxygens (including phenoxy) is 3. The molecule has 79 heavy (non-hydrogen) atoms. The van der Waals surface area contributed by atoms with Crippen LogP contribution in [0.3, 0.4) is 0 Å². The predicted molar refractivity (Wildman–Crippen MR) is 270 cm³/mol. The zero-order valence-electron chi connectivity index (χ0n) is 44.0. The Bertz CT molecular complexity index is 2810. The van der Waals surface area contributed by atoms with E-state index in [2.05, 4.69) is 47.0 Å². The third-order valence-corrected chi connectivity index (χ3v) is 14.6. The number of fused-ring (bicyclic) bond motifs is 2. The summed E-state index contributed by atoms with van der Waals surface area (Å²) in [5, 5.41) is 23.1. The maximum Gasteiger partial charge on any atom is 0.407 e. The van der Waals surface area contributed by atoms with Crippen LogP contribution in [-0.2, 0) is 36.8 Å². The van der Waals surface area contributed by atoms with Crippen molar-refractivity contribution in [2.45, 2.75) is 115 Å². The van der Waals surface area contributed by atoms with Crippen molar-refractivity contribution in [3.05, 3.63) is 101 Å². The highest BCUT2D eigenvalue weighted by Crippen LogP contribution is 2.42. The summed E-state index contributed by atoms with van der Waals surface area (Å²) in [5.74, 6) is 4.12. The molecule has 5 N–H and O–H groups in total. The highest BCUT2D eigenvalue weighted by Gasteiger charge is 2.57. The van der Waals surface area contributed by atoms with Crippen molar-refractivity contribution in [3.8, 4) is 23.1 Å². The molecule has 3 aliphatic rings. The quantitative estimate of drug-likeness (QED) is 0.0396. The number of carbonyl (C=O) groups is 4. The van der Waals surface area contributed by atoms with Gasteiger partial charge in [-0.25, -0.2) is 24.3 Å². The number of halogens is 8. The number of aliphatic hydroxyl groups is 1. The van der Waals surface area contributed by atoms with Gasteiger partial charge in [-0.3, -0.25) is 19.9 Å². The lowest BCUT2D eigenvalue weighted by atomic mass is 9.82. The number of rotatable bonds is 19. The number of hydrazine groups is 1. The van der Waals surface area contributed by atoms with Gasteiger partial charge in [-0.15, -0.1) is 0 Å². The number of nitrogens with zero attached hydrogens (tertiary/aromatic N) is 6. The van der Waals surface area contributed by atoms with Crippen molar-refractivity contribution in [2.75, 3.05) is 52.0 Å². The molecule has 26 heteroatoms. The van der Waals surface area contributed by atoms with E-state index in [-0.39, 0.29) is 12.1 Å². The van der Waals surface area contributed by atoms with Crippen LogP contribution < -0.4 is 26.3 Å². The molecule has 5 heterocycles. The molecule has 428 valence electrons. The van der Waals surface area contributed by atoms with E-state index in [9.17, 15) is 59.4 Å². The maximum atomic E-state index is 14.6. The third kappa shape index (κ3) is 14.2. The SMILES string of the molecule is COC(=O)NC(C(=O)N[C@@H](Cc1ccc(C#Cc2ccc(N3CC4CCC(C3)N4C3COC3)nc2)cc1)[C@@H](O)CN(Cc1ccc(-c2ccn(C(F)F)n2)cc1)NC(=O)[C@@H](NC(=O)OC)C(C)(C)C(F)(F)F)C(C)(C)C(F)(F)F. The van der Waals surface area contributed by atoms with Crippen LogP contribution in [0.15, 0.2) is 79.1 Å². The summed E-state index contributed by atoms with van der Waals surface area (Å²) >= 11 is 0. The summed E-state index contributed by atoms with van der Waals surface area (Å²) in [6, 6.07) is 12.4. The molecule has 0 saturated carbocycles. The normalized spacial score (nSPS) is 18.6. The van der Waals surface area contributed by atoms with Crippen molar-refractivity contribution in [2.24, 2.45) is 10.8 Å². The van der Waals surface area contributed by atoms with Gasteiger partial charge in [0.2, 0.25) is 5.91 Å². The molecule has 4 amide bonds. The number of pyridine rings is 1. The molecule has 0 spiro atoms. The number of amides is 4. The average Bonchev–Trinajstić information content (AvgIpc) is 4.16. The maximum absolute atomic E-state index is 14.6. The van der Waals surface area contributed by atoms with E-state index >= 15 is 0 Å². The smallest absolute Gasteiger partial charge is 0.407 e. The summed E-state index contributed by atoms with van der Waals surface area (Å²) < 4.78 is 129. The molecule has 2 bridgehead atoms. The number of benzene rings is 2. The fourth-order valence-corrected chi connectivity index (χ4v) is 9.59. The summed E-state index contributed by atoms with van der Waals surface area (Å²) in [7, 11) is 1.73. The molecular formula is C53H62F8N10O8. The molecular weight excluding hydrogens is 1060 g/mol. The monoisotopic (exact) mass is 1120 g/mol. The van der Waals surface area contributed by atoms with Crippen LogP contribution in [0, 0.1) is 22.7 Å². The average molecular weight is 1120 g/mol. The Labute approximate surface area is 450 Å². The van der Waals surface area contributed by atoms with E-state index in [4.69, 9.17) is 9.72 Å². The van der Waals surface area contributed by atoms with Crippen LogP contribution in [0.25, 0.3) is 11.3 Å². The second-order valence-corrected chi connectivity index (χ2v) is 20.8. The molecule has 7 rings (SSSR count). The molecule has 3 saturated heterocycles. The van der Waals surface area contributed by atoms with Gasteiger partial charge >= 0.3 is 31.1 Å². The van der Waals surface area contributed by atoms with Crippen LogP contribution in [-0.4, -0.2) is 156 Å². The minimum Gasteiger partial charge on any atom is -0.453 e. The fraction of sp³-hybridized carbons (Fsp3) is 0.509. The van der Waals surface area contributed by atoms with Gasteiger partial charge in [-0.1, -0.05) is 48.2 Å². The van der Waals surface area contributed by atoms with Crippen molar-refractivity contribution in [1.82, 2.24) is 46.0 Å². The zero-order valence-corrected chi connectivity index (χ0v) is 44.0. The highest BCUT2D eigenvalue weighted by molar-refractivity contribution is 5.87. The van der Waals surface area contributed by atoms with Gasteiger partial charge in [-0.05, 0) is 88.4 Å². The number of anilines is 1. The number of piperazine rings is 1. The molecule has 18 nitrogen and oxygen atoms in total. The Kier molecular flexibility index (Phi) is 18.5.